The van der Waals surface area contributed by atoms with Gasteiger partial charge in [-0.2, -0.15) is 0 Å². The molecule has 1 unspecified atom stereocenters. The maximum absolute atomic E-state index is 12.7. The molecule has 1 N–H and O–H groups in total. The van der Waals surface area contributed by atoms with Crippen LogP contribution in [-0.4, -0.2) is 35.5 Å². The van der Waals surface area contributed by atoms with E-state index in [1.165, 1.54) is 12.1 Å². The molecular weight excluding hydrogens is 298 g/mol. The Morgan fingerprint density at radius 3 is 2.65 bits per heavy atom. The van der Waals surface area contributed by atoms with E-state index in [0.717, 1.165) is 24.2 Å². The van der Waals surface area contributed by atoms with Crippen LogP contribution in [0.15, 0.2) is 40.8 Å². The maximum atomic E-state index is 12.7. The number of ether oxygens (including phenoxy) is 1. The van der Waals surface area contributed by atoms with Gasteiger partial charge in [-0.15, -0.1) is 0 Å². The van der Waals surface area contributed by atoms with E-state index in [1.807, 2.05) is 24.3 Å². The van der Waals surface area contributed by atoms with Crippen LogP contribution in [0.5, 0.6) is 5.75 Å². The van der Waals surface area contributed by atoms with Gasteiger partial charge in [0, 0.05) is 12.1 Å². The Labute approximate surface area is 133 Å². The Hall–Kier alpha value is -2.76. The van der Waals surface area contributed by atoms with Crippen molar-refractivity contribution in [3.8, 4) is 5.75 Å². The molecule has 3 rings (SSSR count). The van der Waals surface area contributed by atoms with Gasteiger partial charge < -0.3 is 19.2 Å². The van der Waals surface area contributed by atoms with E-state index in [4.69, 9.17) is 14.3 Å². The van der Waals surface area contributed by atoms with Gasteiger partial charge >= 0.3 is 5.97 Å². The molecule has 6 nitrogen and oxygen atoms in total. The van der Waals surface area contributed by atoms with E-state index in [2.05, 4.69) is 0 Å². The Bertz CT molecular complexity index is 736. The first kappa shape index (κ1) is 15.1. The number of aromatic carboxylic acids is 1. The number of carbonyl (C=O) groups is 2. The summed E-state index contributed by atoms with van der Waals surface area (Å²) in [5, 5.41) is 8.91. The van der Waals surface area contributed by atoms with Gasteiger partial charge in [-0.25, -0.2) is 4.79 Å². The number of nitrogens with zero attached hydrogens (tertiary/aromatic N) is 1. The largest absolute Gasteiger partial charge is 0.496 e. The molecule has 2 heterocycles. The van der Waals surface area contributed by atoms with Crippen LogP contribution in [0, 0.1) is 0 Å². The Morgan fingerprint density at radius 1 is 1.22 bits per heavy atom. The first-order chi connectivity index (χ1) is 11.1. The number of benzene rings is 1. The van der Waals surface area contributed by atoms with Crippen LogP contribution in [0.25, 0.3) is 0 Å². The van der Waals surface area contributed by atoms with Crippen molar-refractivity contribution >= 4 is 11.9 Å². The lowest BCUT2D eigenvalue weighted by Crippen LogP contribution is -2.30. The van der Waals surface area contributed by atoms with E-state index in [-0.39, 0.29) is 23.5 Å². The number of hydrogen-bond acceptors (Lipinski definition) is 4. The van der Waals surface area contributed by atoms with Crippen molar-refractivity contribution in [2.75, 3.05) is 13.7 Å². The minimum absolute atomic E-state index is 0.0456. The molecule has 6 heteroatoms. The van der Waals surface area contributed by atoms with Crippen LogP contribution in [0.4, 0.5) is 0 Å². The van der Waals surface area contributed by atoms with Crippen LogP contribution >= 0.6 is 0 Å². The topological polar surface area (TPSA) is 80.0 Å². The molecular formula is C17H17NO5. The van der Waals surface area contributed by atoms with E-state index in [0.29, 0.717) is 6.54 Å². The number of amides is 1. The summed E-state index contributed by atoms with van der Waals surface area (Å²) in [6, 6.07) is 10.2. The molecule has 1 saturated heterocycles. The molecule has 0 saturated carbocycles. The highest BCUT2D eigenvalue weighted by atomic mass is 16.5. The second-order valence-corrected chi connectivity index (χ2v) is 5.37. The van der Waals surface area contributed by atoms with Crippen LogP contribution in [-0.2, 0) is 0 Å². The van der Waals surface area contributed by atoms with Gasteiger partial charge in [0.2, 0.25) is 5.76 Å². The second-order valence-electron chi connectivity index (χ2n) is 5.37. The first-order valence-corrected chi connectivity index (χ1v) is 7.39. The van der Waals surface area contributed by atoms with Crippen molar-refractivity contribution in [3.63, 3.8) is 0 Å². The molecule has 1 aromatic heterocycles. The molecule has 0 radical (unpaired) electrons. The number of rotatable bonds is 4. The molecule has 1 fully saturated rings. The Kier molecular flexibility index (Phi) is 4.06. The number of carbonyl (C=O) groups excluding carboxylic acids is 1. The number of carboxylic acid groups (broad SMARTS) is 1. The van der Waals surface area contributed by atoms with Crippen molar-refractivity contribution in [1.29, 1.82) is 0 Å². The third-order valence-corrected chi connectivity index (χ3v) is 4.04. The lowest BCUT2D eigenvalue weighted by Gasteiger charge is -2.25. The summed E-state index contributed by atoms with van der Waals surface area (Å²) in [7, 11) is 1.60. The number of furan rings is 1. The number of hydrogen-bond donors (Lipinski definition) is 1. The van der Waals surface area contributed by atoms with Gasteiger partial charge in [-0.05, 0) is 31.0 Å². The van der Waals surface area contributed by atoms with Crippen molar-refractivity contribution in [2.45, 2.75) is 18.9 Å². The summed E-state index contributed by atoms with van der Waals surface area (Å²) in [6.07, 6.45) is 1.71. The number of likely N-dealkylation sites (tertiary alicyclic amines) is 1. The third kappa shape index (κ3) is 2.79. The molecule has 1 aliphatic rings. The molecule has 0 bridgehead atoms. The molecule has 0 spiro atoms. The molecule has 120 valence electrons. The first-order valence-electron chi connectivity index (χ1n) is 7.39. The van der Waals surface area contributed by atoms with Crippen LogP contribution in [0.2, 0.25) is 0 Å². The highest BCUT2D eigenvalue weighted by Gasteiger charge is 2.33. The van der Waals surface area contributed by atoms with E-state index >= 15 is 0 Å². The zero-order chi connectivity index (χ0) is 16.4. The van der Waals surface area contributed by atoms with Crippen LogP contribution < -0.4 is 4.74 Å². The van der Waals surface area contributed by atoms with Crippen molar-refractivity contribution < 1.29 is 23.8 Å². The van der Waals surface area contributed by atoms with Gasteiger partial charge in [0.15, 0.2) is 5.76 Å². The molecule has 1 aromatic carbocycles. The standard InChI is InChI=1S/C17H17NO5/c1-22-13-7-3-2-5-11(13)12-6-4-10-18(12)16(19)14-8-9-15(23-14)17(20)21/h2-3,5,7-9,12H,4,6,10H2,1H3,(H,20,21). The average Bonchev–Trinajstić information content (AvgIpc) is 3.23. The highest BCUT2D eigenvalue weighted by molar-refractivity contribution is 5.94. The second kappa shape index (κ2) is 6.16. The summed E-state index contributed by atoms with van der Waals surface area (Å²) in [5.74, 6) is -0.939. The fourth-order valence-corrected chi connectivity index (χ4v) is 2.98. The summed E-state index contributed by atoms with van der Waals surface area (Å²) in [4.78, 5) is 25.3. The molecule has 0 aliphatic carbocycles. The van der Waals surface area contributed by atoms with Gasteiger partial charge in [-0.3, -0.25) is 4.79 Å². The molecule has 23 heavy (non-hydrogen) atoms. The fourth-order valence-electron chi connectivity index (χ4n) is 2.98. The Morgan fingerprint density at radius 2 is 1.96 bits per heavy atom. The van der Waals surface area contributed by atoms with Gasteiger partial charge in [-0.1, -0.05) is 18.2 Å². The smallest absolute Gasteiger partial charge is 0.371 e. The molecule has 1 amide bonds. The summed E-state index contributed by atoms with van der Waals surface area (Å²) in [6.45, 7) is 0.602. The SMILES string of the molecule is COc1ccccc1C1CCCN1C(=O)c1ccc(C(=O)O)o1. The van der Waals surface area contributed by atoms with Gasteiger partial charge in [0.05, 0.1) is 13.2 Å². The maximum Gasteiger partial charge on any atom is 0.371 e. The van der Waals surface area contributed by atoms with Crippen molar-refractivity contribution in [3.05, 3.63) is 53.5 Å². The summed E-state index contributed by atoms with van der Waals surface area (Å²) in [5.41, 5.74) is 0.950. The zero-order valence-electron chi connectivity index (χ0n) is 12.7. The highest BCUT2D eigenvalue weighted by Crippen LogP contribution is 2.37. The molecule has 2 aromatic rings. The summed E-state index contributed by atoms with van der Waals surface area (Å²) >= 11 is 0. The van der Waals surface area contributed by atoms with Crippen molar-refractivity contribution in [1.82, 2.24) is 4.90 Å². The van der Waals surface area contributed by atoms with Crippen LogP contribution in [0.1, 0.15) is 45.6 Å². The lowest BCUT2D eigenvalue weighted by atomic mass is 10.0. The number of methoxy groups -OCH3 is 1. The molecule has 1 aliphatic heterocycles. The fraction of sp³-hybridized carbons (Fsp3) is 0.294. The predicted octanol–water partition coefficient (Wildman–Crippen LogP) is 2.96. The van der Waals surface area contributed by atoms with Gasteiger partial charge in [0.25, 0.3) is 5.91 Å². The van der Waals surface area contributed by atoms with E-state index < -0.39 is 5.97 Å². The molecule has 1 atom stereocenters. The minimum atomic E-state index is -1.19. The number of para-hydroxylation sites is 1. The minimum Gasteiger partial charge on any atom is -0.496 e. The third-order valence-electron chi connectivity index (χ3n) is 4.04. The Balaban J connectivity index is 1.88. The van der Waals surface area contributed by atoms with E-state index in [1.54, 1.807) is 12.0 Å². The van der Waals surface area contributed by atoms with Gasteiger partial charge in [0.1, 0.15) is 5.75 Å². The van der Waals surface area contributed by atoms with Crippen LogP contribution in [0.3, 0.4) is 0 Å². The average molecular weight is 315 g/mol. The van der Waals surface area contributed by atoms with E-state index in [9.17, 15) is 9.59 Å². The normalized spacial score (nSPS) is 17.3. The quantitative estimate of drug-likeness (QED) is 0.938. The zero-order valence-corrected chi connectivity index (χ0v) is 12.7. The monoisotopic (exact) mass is 315 g/mol. The summed E-state index contributed by atoms with van der Waals surface area (Å²) < 4.78 is 10.5. The number of carboxylic acids is 1. The lowest BCUT2D eigenvalue weighted by molar-refractivity contribution is 0.0645. The van der Waals surface area contributed by atoms with Crippen molar-refractivity contribution in [2.24, 2.45) is 0 Å². The predicted molar refractivity (Wildman–Crippen MR) is 81.7 cm³/mol.